The summed E-state index contributed by atoms with van der Waals surface area (Å²) in [7, 11) is 0. The third-order valence-electron chi connectivity index (χ3n) is 7.98. The minimum Gasteiger partial charge on any atom is -0.456 e. The molecule has 0 aliphatic carbocycles. The maximum atomic E-state index is 9.34. The molecule has 1 heterocycles. The number of rotatable bonds is 3. The minimum atomic E-state index is -0.520. The highest BCUT2D eigenvalue weighted by atomic mass is 16.3. The second-order valence-corrected chi connectivity index (χ2v) is 10.4. The van der Waals surface area contributed by atoms with Crippen molar-refractivity contribution in [3.63, 3.8) is 0 Å². The molecule has 8 aromatic carbocycles. The molecule has 9 rings (SSSR count). The van der Waals surface area contributed by atoms with Gasteiger partial charge in [0.15, 0.2) is 0 Å². The van der Waals surface area contributed by atoms with Crippen molar-refractivity contribution in [1.29, 1.82) is 0 Å². The number of hydrogen-bond donors (Lipinski definition) is 0. The van der Waals surface area contributed by atoms with E-state index in [0.717, 1.165) is 27.3 Å². The predicted octanol–water partition coefficient (Wildman–Crippen LogP) is 12.0. The van der Waals surface area contributed by atoms with Crippen molar-refractivity contribution < 1.29 is 20.9 Å². The van der Waals surface area contributed by atoms with Crippen LogP contribution in [-0.2, 0) is 0 Å². The molecule has 0 saturated carbocycles. The Bertz CT molecular complexity index is 3100. The molecule has 0 aliphatic rings. The molecule has 200 valence electrons. The van der Waals surface area contributed by atoms with Gasteiger partial charge in [-0.05, 0) is 96.0 Å². The summed E-state index contributed by atoms with van der Waals surface area (Å²) in [5.41, 5.74) is 3.96. The maximum absolute atomic E-state index is 9.34. The van der Waals surface area contributed by atoms with Gasteiger partial charge in [0.05, 0.1) is 16.4 Å². The Kier molecular flexibility index (Phi) is 3.29. The van der Waals surface area contributed by atoms with E-state index in [1.165, 1.54) is 0 Å². The monoisotopic (exact) mass is 558 g/mol. The van der Waals surface area contributed by atoms with Crippen LogP contribution in [0.1, 0.15) is 16.4 Å². The maximum Gasteiger partial charge on any atom is 0.136 e. The van der Waals surface area contributed by atoms with Crippen molar-refractivity contribution in [2.45, 2.75) is 0 Å². The lowest BCUT2D eigenvalue weighted by Crippen LogP contribution is -1.91. The highest BCUT2D eigenvalue weighted by molar-refractivity contribution is 6.22. The van der Waals surface area contributed by atoms with E-state index in [4.69, 9.17) is 19.5 Å². The zero-order valence-electron chi connectivity index (χ0n) is 34.5. The van der Waals surface area contributed by atoms with Crippen LogP contribution in [0.15, 0.2) is 162 Å². The molecule has 1 heteroatoms. The van der Waals surface area contributed by atoms with E-state index in [-0.39, 0.29) is 52.1 Å². The molecule has 0 N–H and O–H groups in total. The normalized spacial score (nSPS) is 15.6. The first-order chi connectivity index (χ1) is 26.3. The fraction of sp³-hybridized carbons (Fsp3) is 0. The van der Waals surface area contributed by atoms with E-state index < -0.39 is 42.3 Å². The third-order valence-corrected chi connectivity index (χ3v) is 7.98. The van der Waals surface area contributed by atoms with Crippen molar-refractivity contribution in [2.24, 2.45) is 0 Å². The van der Waals surface area contributed by atoms with E-state index in [2.05, 4.69) is 0 Å². The second-order valence-electron chi connectivity index (χ2n) is 10.4. The van der Waals surface area contributed by atoms with Crippen LogP contribution in [0.5, 0.6) is 0 Å². The predicted molar refractivity (Wildman–Crippen MR) is 183 cm³/mol. The van der Waals surface area contributed by atoms with Crippen LogP contribution in [0.4, 0.5) is 0 Å². The zero-order chi connectivity index (χ0) is 38.8. The van der Waals surface area contributed by atoms with E-state index in [1.807, 2.05) is 66.7 Å². The molecule has 0 fully saturated rings. The molecule has 0 amide bonds. The Balaban J connectivity index is 1.30. The Morgan fingerprint density at radius 2 is 1.02 bits per heavy atom. The van der Waals surface area contributed by atoms with Crippen LogP contribution in [0.25, 0.3) is 87.6 Å². The molecule has 0 spiro atoms. The molecule has 0 unspecified atom stereocenters. The molecule has 43 heavy (non-hydrogen) atoms. The van der Waals surface area contributed by atoms with Crippen LogP contribution in [-0.4, -0.2) is 0 Å². The van der Waals surface area contributed by atoms with Crippen LogP contribution >= 0.6 is 0 Å². The number of hydrogen-bond acceptors (Lipinski definition) is 1. The van der Waals surface area contributed by atoms with Crippen molar-refractivity contribution in [2.75, 3.05) is 0 Å². The Morgan fingerprint density at radius 3 is 1.74 bits per heavy atom. The van der Waals surface area contributed by atoms with Gasteiger partial charge in [-0.3, -0.25) is 0 Å². The highest BCUT2D eigenvalue weighted by Crippen LogP contribution is 2.45. The van der Waals surface area contributed by atoms with Gasteiger partial charge in [-0.25, -0.2) is 0 Å². The quantitative estimate of drug-likeness (QED) is 0.197. The SMILES string of the molecule is [2H]c1c([2H])c([2H])c(-c2ccc3oc4cc(-c5c6ccccc6c(-c6c([2H])c([2H])c7c([2H])c([2H])c([2H])c([2H])c7c6[2H])c6ccccc56)ccc4c3c2)c([2H])c1[2H]. The van der Waals surface area contributed by atoms with Crippen LogP contribution in [0.3, 0.4) is 0 Å². The van der Waals surface area contributed by atoms with Gasteiger partial charge in [-0.15, -0.1) is 0 Å². The molecule has 1 aromatic heterocycles. The smallest absolute Gasteiger partial charge is 0.136 e. The molecule has 0 radical (unpaired) electrons. The average Bonchev–Trinajstić information content (AvgIpc) is 3.56. The van der Waals surface area contributed by atoms with Gasteiger partial charge in [-0.1, -0.05) is 127 Å². The number of furan rings is 1. The molecule has 0 aliphatic heterocycles. The molecule has 0 bridgehead atoms. The lowest BCUT2D eigenvalue weighted by atomic mass is 9.85. The van der Waals surface area contributed by atoms with Crippen LogP contribution in [0.2, 0.25) is 0 Å². The Morgan fingerprint density at radius 1 is 0.395 bits per heavy atom. The summed E-state index contributed by atoms with van der Waals surface area (Å²) in [4.78, 5) is 0. The molecule has 1 nitrogen and oxygen atoms in total. The standard InChI is InChI=1S/C42H26O/c1-2-10-27(11-3-1)30-21-23-39-38(25-30)33-22-20-32(26-40(33)43-39)42-36-16-8-6-14-34(36)41(35-15-7-9-17-37(35)42)31-19-18-28-12-4-5-13-29(28)24-31/h1-26H/i1D,2D,3D,4D,5D,10D,11D,12D,13D,18D,19D,24D. The molecular formula is C42H26O. The van der Waals surface area contributed by atoms with E-state index in [9.17, 15) is 1.37 Å². The fourth-order valence-corrected chi connectivity index (χ4v) is 6.10. The summed E-state index contributed by atoms with van der Waals surface area (Å²) in [6.07, 6.45) is 0. The first-order valence-corrected chi connectivity index (χ1v) is 13.8. The second kappa shape index (κ2) is 9.44. The van der Waals surface area contributed by atoms with Gasteiger partial charge >= 0.3 is 0 Å². The minimum absolute atomic E-state index is 0.101. The summed E-state index contributed by atoms with van der Waals surface area (Å²) in [5, 5.41) is 4.16. The first kappa shape index (κ1) is 15.0. The number of fused-ring (bicyclic) bond motifs is 6. The Hall–Kier alpha value is -5.66. The number of benzene rings is 8. The zero-order valence-corrected chi connectivity index (χ0v) is 22.5. The van der Waals surface area contributed by atoms with Gasteiger partial charge in [0.25, 0.3) is 0 Å². The largest absolute Gasteiger partial charge is 0.456 e. The summed E-state index contributed by atoms with van der Waals surface area (Å²) < 4.78 is 109. The summed E-state index contributed by atoms with van der Waals surface area (Å²) in [5.74, 6) is 0. The lowest BCUT2D eigenvalue weighted by molar-refractivity contribution is 0.669. The first-order valence-electron chi connectivity index (χ1n) is 19.8. The topological polar surface area (TPSA) is 13.1 Å². The molecular weight excluding hydrogens is 520 g/mol. The van der Waals surface area contributed by atoms with E-state index >= 15 is 0 Å². The van der Waals surface area contributed by atoms with Crippen LogP contribution < -0.4 is 0 Å². The van der Waals surface area contributed by atoms with Crippen LogP contribution in [0, 0.1) is 0 Å². The average molecular weight is 559 g/mol. The van der Waals surface area contributed by atoms with Gasteiger partial charge in [0, 0.05) is 10.8 Å². The van der Waals surface area contributed by atoms with E-state index in [1.54, 1.807) is 18.2 Å². The van der Waals surface area contributed by atoms with Crippen molar-refractivity contribution in [3.05, 3.63) is 157 Å². The Labute approximate surface area is 266 Å². The van der Waals surface area contributed by atoms with E-state index in [0.29, 0.717) is 38.5 Å². The molecule has 0 saturated heterocycles. The van der Waals surface area contributed by atoms with Gasteiger partial charge in [-0.2, -0.15) is 0 Å². The third kappa shape index (κ3) is 3.79. The van der Waals surface area contributed by atoms with Gasteiger partial charge in [0.2, 0.25) is 0 Å². The van der Waals surface area contributed by atoms with Gasteiger partial charge < -0.3 is 4.42 Å². The van der Waals surface area contributed by atoms with Crippen molar-refractivity contribution in [1.82, 2.24) is 0 Å². The molecule has 0 atom stereocenters. The van der Waals surface area contributed by atoms with Crippen molar-refractivity contribution >= 4 is 54.3 Å². The summed E-state index contributed by atoms with van der Waals surface area (Å²) in [6.45, 7) is 0. The summed E-state index contributed by atoms with van der Waals surface area (Å²) in [6, 6.07) is 21.4. The van der Waals surface area contributed by atoms with Gasteiger partial charge in [0.1, 0.15) is 11.2 Å². The van der Waals surface area contributed by atoms with Crippen molar-refractivity contribution in [3.8, 4) is 33.4 Å². The fourth-order valence-electron chi connectivity index (χ4n) is 6.10. The molecule has 9 aromatic rings. The summed E-state index contributed by atoms with van der Waals surface area (Å²) >= 11 is 0. The highest BCUT2D eigenvalue weighted by Gasteiger charge is 2.18. The lowest BCUT2D eigenvalue weighted by Gasteiger charge is -2.18.